The van der Waals surface area contributed by atoms with Crippen LogP contribution in [-0.4, -0.2) is 20.0 Å². The van der Waals surface area contributed by atoms with Crippen LogP contribution in [0.5, 0.6) is 0 Å². The predicted octanol–water partition coefficient (Wildman–Crippen LogP) is 0.774. The van der Waals surface area contributed by atoms with Crippen LogP contribution in [0.4, 0.5) is 0 Å². The van der Waals surface area contributed by atoms with Gasteiger partial charge < -0.3 is 5.73 Å². The lowest BCUT2D eigenvalue weighted by atomic mass is 10.4. The van der Waals surface area contributed by atoms with Gasteiger partial charge in [-0.25, -0.2) is 9.67 Å². The fourth-order valence-electron chi connectivity index (χ4n) is 1.06. The summed E-state index contributed by atoms with van der Waals surface area (Å²) in [4.78, 5) is 3.94. The molecule has 0 saturated heterocycles. The number of hydrogen-bond donors (Lipinski definition) is 1. The molecule has 2 rings (SSSR count). The third kappa shape index (κ3) is 1.59. The molecule has 2 aromatic heterocycles. The molecule has 2 heterocycles. The first-order chi connectivity index (χ1) is 6.81. The van der Waals surface area contributed by atoms with E-state index < -0.39 is 0 Å². The van der Waals surface area contributed by atoms with Crippen LogP contribution in [0.15, 0.2) is 24.5 Å². The molecule has 0 aromatic carbocycles. The number of aromatic nitrogens is 4. The second-order valence-corrected chi connectivity index (χ2v) is 3.03. The van der Waals surface area contributed by atoms with Crippen molar-refractivity contribution in [3.63, 3.8) is 0 Å². The minimum absolute atomic E-state index is 0.359. The Hall–Kier alpha value is -1.46. The fraction of sp³-hybridized carbons (Fsp3) is 0.125. The molecule has 0 fully saturated rings. The van der Waals surface area contributed by atoms with E-state index in [0.29, 0.717) is 23.1 Å². The van der Waals surface area contributed by atoms with Crippen molar-refractivity contribution in [3.8, 4) is 5.69 Å². The summed E-state index contributed by atoms with van der Waals surface area (Å²) in [5, 5.41) is 8.12. The molecule has 0 aliphatic heterocycles. The standard InChI is InChI=1S/C8H8ClN5/c9-8-7(2-1-3-11-8)14-5-6(4-10)12-13-14/h1-3,5H,4,10H2. The second kappa shape index (κ2) is 3.73. The normalized spacial score (nSPS) is 10.4. The average molecular weight is 210 g/mol. The van der Waals surface area contributed by atoms with Crippen molar-refractivity contribution >= 4 is 11.6 Å². The first-order valence-electron chi connectivity index (χ1n) is 4.03. The Balaban J connectivity index is 2.44. The molecular formula is C8H8ClN5. The Morgan fingerprint density at radius 3 is 3.00 bits per heavy atom. The molecule has 72 valence electrons. The SMILES string of the molecule is NCc1cn(-c2cccnc2Cl)nn1. The smallest absolute Gasteiger partial charge is 0.154 e. The van der Waals surface area contributed by atoms with E-state index in [4.69, 9.17) is 17.3 Å². The maximum Gasteiger partial charge on any atom is 0.154 e. The molecule has 5 nitrogen and oxygen atoms in total. The zero-order valence-corrected chi connectivity index (χ0v) is 8.02. The van der Waals surface area contributed by atoms with Crippen molar-refractivity contribution in [2.45, 2.75) is 6.54 Å². The van der Waals surface area contributed by atoms with Gasteiger partial charge in [0.15, 0.2) is 5.15 Å². The van der Waals surface area contributed by atoms with Crippen molar-refractivity contribution in [1.82, 2.24) is 20.0 Å². The number of nitrogens with zero attached hydrogens (tertiary/aromatic N) is 4. The zero-order chi connectivity index (χ0) is 9.97. The van der Waals surface area contributed by atoms with Crippen molar-refractivity contribution in [2.24, 2.45) is 5.73 Å². The van der Waals surface area contributed by atoms with Crippen LogP contribution in [0, 0.1) is 0 Å². The van der Waals surface area contributed by atoms with Gasteiger partial charge in [0.2, 0.25) is 0 Å². The van der Waals surface area contributed by atoms with E-state index in [1.807, 2.05) is 6.07 Å². The number of rotatable bonds is 2. The van der Waals surface area contributed by atoms with Gasteiger partial charge in [-0.15, -0.1) is 5.10 Å². The molecule has 2 aromatic rings. The summed E-state index contributed by atoms with van der Waals surface area (Å²) in [6.07, 6.45) is 3.34. The third-order valence-corrected chi connectivity index (χ3v) is 2.03. The quantitative estimate of drug-likeness (QED) is 0.742. The van der Waals surface area contributed by atoms with E-state index in [1.165, 1.54) is 0 Å². The highest BCUT2D eigenvalue weighted by molar-refractivity contribution is 6.31. The third-order valence-electron chi connectivity index (χ3n) is 1.74. The van der Waals surface area contributed by atoms with Crippen LogP contribution in [0.3, 0.4) is 0 Å². The van der Waals surface area contributed by atoms with Gasteiger partial charge in [-0.2, -0.15) is 0 Å². The zero-order valence-electron chi connectivity index (χ0n) is 7.26. The molecule has 14 heavy (non-hydrogen) atoms. The van der Waals surface area contributed by atoms with Gasteiger partial charge in [-0.3, -0.25) is 0 Å². The summed E-state index contributed by atoms with van der Waals surface area (Å²) in [7, 11) is 0. The summed E-state index contributed by atoms with van der Waals surface area (Å²) >= 11 is 5.88. The Labute approximate surface area is 85.5 Å². The van der Waals surface area contributed by atoms with Crippen molar-refractivity contribution in [1.29, 1.82) is 0 Å². The Kier molecular flexibility index (Phi) is 2.43. The first kappa shape index (κ1) is 9.11. The molecule has 6 heteroatoms. The monoisotopic (exact) mass is 209 g/mol. The van der Waals surface area contributed by atoms with Gasteiger partial charge in [0.1, 0.15) is 5.69 Å². The Morgan fingerprint density at radius 1 is 1.50 bits per heavy atom. The number of hydrogen-bond acceptors (Lipinski definition) is 4. The first-order valence-corrected chi connectivity index (χ1v) is 4.41. The predicted molar refractivity (Wildman–Crippen MR) is 52.1 cm³/mol. The van der Waals surface area contributed by atoms with Gasteiger partial charge in [-0.1, -0.05) is 16.8 Å². The minimum atomic E-state index is 0.359. The van der Waals surface area contributed by atoms with E-state index in [9.17, 15) is 0 Å². The molecule has 0 amide bonds. The highest BCUT2D eigenvalue weighted by Crippen LogP contribution is 2.15. The lowest BCUT2D eigenvalue weighted by Crippen LogP contribution is -1.97. The summed E-state index contributed by atoms with van der Waals surface area (Å²) in [5.74, 6) is 0. The largest absolute Gasteiger partial charge is 0.325 e. The number of halogens is 1. The highest BCUT2D eigenvalue weighted by Gasteiger charge is 2.05. The number of pyridine rings is 1. The van der Waals surface area contributed by atoms with Gasteiger partial charge in [-0.05, 0) is 12.1 Å². The molecule has 0 radical (unpaired) electrons. The van der Waals surface area contributed by atoms with Gasteiger partial charge in [0.25, 0.3) is 0 Å². The molecule has 0 aliphatic rings. The maximum absolute atomic E-state index is 5.88. The van der Waals surface area contributed by atoms with Crippen molar-refractivity contribution in [2.75, 3.05) is 0 Å². The van der Waals surface area contributed by atoms with Gasteiger partial charge >= 0.3 is 0 Å². The van der Waals surface area contributed by atoms with Crippen LogP contribution in [0.25, 0.3) is 5.69 Å². The molecule has 0 saturated carbocycles. The fourth-order valence-corrected chi connectivity index (χ4v) is 1.26. The minimum Gasteiger partial charge on any atom is -0.325 e. The van der Waals surface area contributed by atoms with Gasteiger partial charge in [0, 0.05) is 12.7 Å². The summed E-state index contributed by atoms with van der Waals surface area (Å²) in [6.45, 7) is 0.359. The van der Waals surface area contributed by atoms with E-state index in [1.54, 1.807) is 23.1 Å². The lowest BCUT2D eigenvalue weighted by Gasteiger charge is -1.99. The van der Waals surface area contributed by atoms with Crippen LogP contribution in [0.1, 0.15) is 5.69 Å². The molecule has 0 atom stereocenters. The molecule has 0 aliphatic carbocycles. The van der Waals surface area contributed by atoms with E-state index in [-0.39, 0.29) is 0 Å². The topological polar surface area (TPSA) is 69.6 Å². The summed E-state index contributed by atoms with van der Waals surface area (Å²) < 4.78 is 1.55. The molecule has 0 spiro atoms. The number of nitrogens with two attached hydrogens (primary N) is 1. The van der Waals surface area contributed by atoms with Crippen LogP contribution < -0.4 is 5.73 Å². The summed E-state index contributed by atoms with van der Waals surface area (Å²) in [6, 6.07) is 3.59. The highest BCUT2D eigenvalue weighted by atomic mass is 35.5. The van der Waals surface area contributed by atoms with E-state index in [2.05, 4.69) is 15.3 Å². The molecule has 0 unspecified atom stereocenters. The summed E-state index contributed by atoms with van der Waals surface area (Å²) in [5.41, 5.74) is 6.82. The maximum atomic E-state index is 5.88. The molecule has 0 bridgehead atoms. The van der Waals surface area contributed by atoms with E-state index in [0.717, 1.165) is 0 Å². The van der Waals surface area contributed by atoms with Crippen LogP contribution in [-0.2, 0) is 6.54 Å². The van der Waals surface area contributed by atoms with Crippen molar-refractivity contribution < 1.29 is 0 Å². The Morgan fingerprint density at radius 2 is 2.36 bits per heavy atom. The Bertz CT molecular complexity index is 439. The van der Waals surface area contributed by atoms with Crippen LogP contribution in [0.2, 0.25) is 5.15 Å². The molecular weight excluding hydrogens is 202 g/mol. The molecule has 2 N–H and O–H groups in total. The van der Waals surface area contributed by atoms with E-state index >= 15 is 0 Å². The lowest BCUT2D eigenvalue weighted by molar-refractivity contribution is 0.793. The average Bonchev–Trinajstić information content (AvgIpc) is 2.67. The van der Waals surface area contributed by atoms with Crippen LogP contribution >= 0.6 is 11.6 Å². The van der Waals surface area contributed by atoms with Crippen molar-refractivity contribution in [3.05, 3.63) is 35.4 Å². The van der Waals surface area contributed by atoms with Gasteiger partial charge in [0.05, 0.1) is 11.9 Å². The second-order valence-electron chi connectivity index (χ2n) is 2.67.